The van der Waals surface area contributed by atoms with E-state index in [-0.39, 0.29) is 22.8 Å². The van der Waals surface area contributed by atoms with Crippen molar-refractivity contribution in [1.29, 1.82) is 0 Å². The van der Waals surface area contributed by atoms with E-state index in [4.69, 9.17) is 0 Å². The Balaban J connectivity index is 2.46. The Kier molecular flexibility index (Phi) is 2.91. The SMILES string of the molecule is CC(C)(C)C1C(=O)N(C(C)(C)C)CC2=C1C=NC2. The number of aliphatic imine (C=N–C) groups is 1. The van der Waals surface area contributed by atoms with Gasteiger partial charge >= 0.3 is 0 Å². The maximum atomic E-state index is 12.8. The molecule has 2 heterocycles. The molecule has 1 atom stereocenters. The fraction of sp³-hybridized carbons (Fsp3) is 0.733. The minimum atomic E-state index is -0.123. The van der Waals surface area contributed by atoms with Crippen molar-refractivity contribution in [3.05, 3.63) is 11.1 Å². The van der Waals surface area contributed by atoms with Gasteiger partial charge in [-0.15, -0.1) is 0 Å². The highest BCUT2D eigenvalue weighted by Gasteiger charge is 2.44. The van der Waals surface area contributed by atoms with Crippen LogP contribution in [-0.4, -0.2) is 35.7 Å². The first-order valence-electron chi connectivity index (χ1n) is 6.65. The van der Waals surface area contributed by atoms with Crippen molar-refractivity contribution in [2.75, 3.05) is 13.1 Å². The molecule has 2 rings (SSSR count). The number of rotatable bonds is 0. The molecule has 0 aliphatic carbocycles. The van der Waals surface area contributed by atoms with Crippen LogP contribution in [0.5, 0.6) is 0 Å². The number of carbonyl (C=O) groups is 1. The molecule has 100 valence electrons. The normalized spacial score (nSPS) is 24.9. The predicted molar refractivity (Wildman–Crippen MR) is 74.8 cm³/mol. The van der Waals surface area contributed by atoms with Crippen LogP contribution in [0.15, 0.2) is 16.1 Å². The summed E-state index contributed by atoms with van der Waals surface area (Å²) in [6.45, 7) is 14.2. The van der Waals surface area contributed by atoms with E-state index in [0.717, 1.165) is 13.1 Å². The second-order valence-electron chi connectivity index (χ2n) is 7.42. The van der Waals surface area contributed by atoms with Crippen LogP contribution in [0, 0.1) is 11.3 Å². The molecular formula is C15H24N2O. The lowest BCUT2D eigenvalue weighted by Gasteiger charge is -2.45. The zero-order valence-electron chi connectivity index (χ0n) is 12.4. The van der Waals surface area contributed by atoms with Crippen LogP contribution in [0.4, 0.5) is 0 Å². The first-order valence-corrected chi connectivity index (χ1v) is 6.65. The molecule has 0 saturated carbocycles. The zero-order valence-corrected chi connectivity index (χ0v) is 12.4. The molecule has 0 aromatic heterocycles. The van der Waals surface area contributed by atoms with Gasteiger partial charge in [0.15, 0.2) is 0 Å². The first-order chi connectivity index (χ1) is 8.12. The van der Waals surface area contributed by atoms with Crippen molar-refractivity contribution in [2.24, 2.45) is 16.3 Å². The van der Waals surface area contributed by atoms with Gasteiger partial charge in [0.05, 0.1) is 12.5 Å². The molecule has 1 amide bonds. The summed E-state index contributed by atoms with van der Waals surface area (Å²) < 4.78 is 0. The second-order valence-corrected chi connectivity index (χ2v) is 7.42. The van der Waals surface area contributed by atoms with Crippen LogP contribution in [0.3, 0.4) is 0 Å². The van der Waals surface area contributed by atoms with Gasteiger partial charge in [-0.1, -0.05) is 20.8 Å². The topological polar surface area (TPSA) is 32.7 Å². The summed E-state index contributed by atoms with van der Waals surface area (Å²) in [4.78, 5) is 19.2. The molecule has 1 unspecified atom stereocenters. The van der Waals surface area contributed by atoms with Gasteiger partial charge in [-0.25, -0.2) is 0 Å². The lowest BCUT2D eigenvalue weighted by Crippen LogP contribution is -2.54. The number of hydrogen-bond donors (Lipinski definition) is 0. The fourth-order valence-electron chi connectivity index (χ4n) is 2.82. The summed E-state index contributed by atoms with van der Waals surface area (Å²) in [7, 11) is 0. The molecule has 2 aliphatic heterocycles. The molecular weight excluding hydrogens is 224 g/mol. The summed E-state index contributed by atoms with van der Waals surface area (Å²) in [6, 6.07) is 0. The molecule has 0 radical (unpaired) electrons. The number of carbonyl (C=O) groups excluding carboxylic acids is 1. The van der Waals surface area contributed by atoms with E-state index in [2.05, 4.69) is 46.5 Å². The summed E-state index contributed by atoms with van der Waals surface area (Å²) >= 11 is 0. The van der Waals surface area contributed by atoms with E-state index < -0.39 is 0 Å². The third kappa shape index (κ3) is 2.11. The van der Waals surface area contributed by atoms with Gasteiger partial charge < -0.3 is 4.90 Å². The molecule has 3 nitrogen and oxygen atoms in total. The first kappa shape index (κ1) is 13.3. The minimum absolute atomic E-state index is 0.0493. The lowest BCUT2D eigenvalue weighted by atomic mass is 9.72. The Morgan fingerprint density at radius 2 is 1.83 bits per heavy atom. The lowest BCUT2D eigenvalue weighted by molar-refractivity contribution is -0.142. The average Bonchev–Trinajstić information content (AvgIpc) is 2.59. The van der Waals surface area contributed by atoms with Crippen LogP contribution < -0.4 is 0 Å². The number of amides is 1. The zero-order chi connectivity index (χ0) is 13.7. The molecule has 0 saturated heterocycles. The van der Waals surface area contributed by atoms with Gasteiger partial charge in [-0.3, -0.25) is 9.79 Å². The van der Waals surface area contributed by atoms with E-state index in [0.29, 0.717) is 0 Å². The van der Waals surface area contributed by atoms with Gasteiger partial charge in [0, 0.05) is 18.3 Å². The van der Waals surface area contributed by atoms with E-state index in [9.17, 15) is 4.79 Å². The molecule has 0 fully saturated rings. The monoisotopic (exact) mass is 248 g/mol. The smallest absolute Gasteiger partial charge is 0.231 e. The molecule has 0 spiro atoms. The summed E-state index contributed by atoms with van der Waals surface area (Å²) in [5.41, 5.74) is 2.32. The molecule has 0 aromatic rings. The molecule has 3 heteroatoms. The highest BCUT2D eigenvalue weighted by atomic mass is 16.2. The Labute approximate surface area is 110 Å². The molecule has 0 bridgehead atoms. The Bertz CT molecular complexity index is 432. The van der Waals surface area contributed by atoms with Crippen LogP contribution in [0.1, 0.15) is 41.5 Å². The van der Waals surface area contributed by atoms with Crippen molar-refractivity contribution < 1.29 is 4.79 Å². The second kappa shape index (κ2) is 3.94. The average molecular weight is 248 g/mol. The van der Waals surface area contributed by atoms with Crippen molar-refractivity contribution in [3.8, 4) is 0 Å². The third-order valence-electron chi connectivity index (χ3n) is 3.77. The number of nitrogens with zero attached hydrogens (tertiary/aromatic N) is 2. The van der Waals surface area contributed by atoms with Crippen molar-refractivity contribution >= 4 is 12.1 Å². The van der Waals surface area contributed by atoms with E-state index in [1.807, 2.05) is 11.1 Å². The highest BCUT2D eigenvalue weighted by Crippen LogP contribution is 2.40. The molecule has 2 aliphatic rings. The van der Waals surface area contributed by atoms with Gasteiger partial charge in [0.2, 0.25) is 5.91 Å². The maximum absolute atomic E-state index is 12.8. The quantitative estimate of drug-likeness (QED) is 0.648. The minimum Gasteiger partial charge on any atom is -0.333 e. The summed E-state index contributed by atoms with van der Waals surface area (Å²) in [6.07, 6.45) is 1.92. The van der Waals surface area contributed by atoms with E-state index in [1.165, 1.54) is 11.1 Å². The summed E-state index contributed by atoms with van der Waals surface area (Å²) in [5.74, 6) is 0.203. The van der Waals surface area contributed by atoms with Crippen LogP contribution in [0.25, 0.3) is 0 Å². The standard InChI is InChI=1S/C15H24N2O/c1-14(2,3)12-11-8-16-7-10(11)9-17(13(12)18)15(4,5)6/h8,12H,7,9H2,1-6H3. The maximum Gasteiger partial charge on any atom is 0.231 e. The number of hydrogen-bond acceptors (Lipinski definition) is 2. The van der Waals surface area contributed by atoms with Crippen LogP contribution in [-0.2, 0) is 4.79 Å². The van der Waals surface area contributed by atoms with E-state index in [1.54, 1.807) is 0 Å². The summed E-state index contributed by atoms with van der Waals surface area (Å²) in [5, 5.41) is 0. The fourth-order valence-corrected chi connectivity index (χ4v) is 2.82. The molecule has 0 N–H and O–H groups in total. The van der Waals surface area contributed by atoms with Crippen molar-refractivity contribution in [2.45, 2.75) is 47.1 Å². The van der Waals surface area contributed by atoms with Crippen LogP contribution >= 0.6 is 0 Å². The Morgan fingerprint density at radius 1 is 1.22 bits per heavy atom. The van der Waals surface area contributed by atoms with Gasteiger partial charge in [-0.2, -0.15) is 0 Å². The Hall–Kier alpha value is -1.12. The van der Waals surface area contributed by atoms with Gasteiger partial charge in [-0.05, 0) is 37.3 Å². The highest BCUT2D eigenvalue weighted by molar-refractivity contribution is 5.97. The van der Waals surface area contributed by atoms with Gasteiger partial charge in [0.25, 0.3) is 0 Å². The van der Waals surface area contributed by atoms with Crippen LogP contribution in [0.2, 0.25) is 0 Å². The van der Waals surface area contributed by atoms with Gasteiger partial charge in [0.1, 0.15) is 0 Å². The largest absolute Gasteiger partial charge is 0.333 e. The van der Waals surface area contributed by atoms with E-state index >= 15 is 0 Å². The van der Waals surface area contributed by atoms with Crippen molar-refractivity contribution in [1.82, 2.24) is 4.90 Å². The molecule has 18 heavy (non-hydrogen) atoms. The Morgan fingerprint density at radius 3 is 2.33 bits per heavy atom. The van der Waals surface area contributed by atoms with Crippen molar-refractivity contribution in [3.63, 3.8) is 0 Å². The predicted octanol–water partition coefficient (Wildman–Crippen LogP) is 2.67. The molecule has 0 aromatic carbocycles. The third-order valence-corrected chi connectivity index (χ3v) is 3.77.